The van der Waals surface area contributed by atoms with E-state index in [0.29, 0.717) is 18.7 Å². The van der Waals surface area contributed by atoms with Crippen molar-refractivity contribution in [2.45, 2.75) is 26.4 Å². The van der Waals surface area contributed by atoms with Crippen LogP contribution < -0.4 is 0 Å². The molecule has 4 rings (SSSR count). The van der Waals surface area contributed by atoms with Gasteiger partial charge in [-0.1, -0.05) is 19.9 Å². The lowest BCUT2D eigenvalue weighted by atomic mass is 10.1. The Morgan fingerprint density at radius 1 is 1.19 bits per heavy atom. The number of carbonyl (C=O) groups is 1. The average molecular weight is 363 g/mol. The van der Waals surface area contributed by atoms with Crippen LogP contribution in [0.3, 0.4) is 0 Å². The molecule has 0 saturated heterocycles. The molecule has 6 nitrogen and oxygen atoms in total. The van der Waals surface area contributed by atoms with E-state index in [0.717, 1.165) is 36.2 Å². The van der Waals surface area contributed by atoms with E-state index in [1.165, 1.54) is 0 Å². The summed E-state index contributed by atoms with van der Waals surface area (Å²) in [7, 11) is 0. The Hall–Kier alpha value is -2.73. The molecule has 1 aliphatic heterocycles. The molecular weight excluding hydrogens is 338 g/mol. The summed E-state index contributed by atoms with van der Waals surface area (Å²) in [4.78, 5) is 21.9. The van der Waals surface area contributed by atoms with Crippen molar-refractivity contribution in [3.8, 4) is 0 Å². The summed E-state index contributed by atoms with van der Waals surface area (Å²) in [6, 6.07) is 11.8. The Kier molecular flexibility index (Phi) is 4.90. The van der Waals surface area contributed by atoms with Crippen LogP contribution in [0.15, 0.2) is 48.8 Å². The monoisotopic (exact) mass is 363 g/mol. The lowest BCUT2D eigenvalue weighted by Crippen LogP contribution is -2.45. The Labute approximate surface area is 159 Å². The second kappa shape index (κ2) is 7.48. The lowest BCUT2D eigenvalue weighted by molar-refractivity contribution is 0.0642. The van der Waals surface area contributed by atoms with E-state index in [1.807, 2.05) is 47.5 Å². The second-order valence-electron chi connectivity index (χ2n) is 7.00. The van der Waals surface area contributed by atoms with Gasteiger partial charge in [-0.05, 0) is 43.4 Å². The molecule has 6 heteroatoms. The Balaban J connectivity index is 1.60. The first kappa shape index (κ1) is 17.7. The summed E-state index contributed by atoms with van der Waals surface area (Å²) in [6.45, 7) is 8.50. The van der Waals surface area contributed by atoms with Crippen LogP contribution in [-0.2, 0) is 6.54 Å². The van der Waals surface area contributed by atoms with Gasteiger partial charge in [0.1, 0.15) is 0 Å². The number of hydrogen-bond acceptors (Lipinski definition) is 4. The molecule has 1 aliphatic rings. The highest BCUT2D eigenvalue weighted by molar-refractivity contribution is 5.98. The predicted molar refractivity (Wildman–Crippen MR) is 106 cm³/mol. The van der Waals surface area contributed by atoms with Gasteiger partial charge in [-0.3, -0.25) is 14.5 Å². The zero-order chi connectivity index (χ0) is 18.8. The van der Waals surface area contributed by atoms with Crippen LogP contribution in [0.1, 0.15) is 35.9 Å². The lowest BCUT2D eigenvalue weighted by Gasteiger charge is -2.36. The van der Waals surface area contributed by atoms with Crippen molar-refractivity contribution < 1.29 is 4.79 Å². The highest BCUT2D eigenvalue weighted by Crippen LogP contribution is 2.24. The van der Waals surface area contributed by atoms with E-state index in [2.05, 4.69) is 33.5 Å². The molecule has 0 radical (unpaired) electrons. The molecule has 1 amide bonds. The molecule has 0 spiro atoms. The molecule has 0 saturated carbocycles. The quantitative estimate of drug-likeness (QED) is 0.699. The van der Waals surface area contributed by atoms with Crippen LogP contribution in [0, 0.1) is 0 Å². The van der Waals surface area contributed by atoms with E-state index in [9.17, 15) is 4.79 Å². The minimum absolute atomic E-state index is 0.0674. The molecule has 2 aromatic heterocycles. The topological polar surface area (TPSA) is 54.3 Å². The Bertz CT molecular complexity index is 946. The summed E-state index contributed by atoms with van der Waals surface area (Å²) in [5.41, 5.74) is 2.71. The normalized spacial score (nSPS) is 16.7. The van der Waals surface area contributed by atoms with Crippen LogP contribution in [0.25, 0.3) is 10.9 Å². The average Bonchev–Trinajstić information content (AvgIpc) is 3.19. The number of likely N-dealkylation sites (N-methyl/N-ethyl adjacent to an activating group) is 1. The fourth-order valence-electron chi connectivity index (χ4n) is 3.85. The molecule has 1 atom stereocenters. The summed E-state index contributed by atoms with van der Waals surface area (Å²) in [5.74, 6) is 0.0674. The van der Waals surface area contributed by atoms with Crippen molar-refractivity contribution in [1.82, 2.24) is 24.6 Å². The van der Waals surface area contributed by atoms with Gasteiger partial charge in [0.15, 0.2) is 0 Å². The maximum Gasteiger partial charge on any atom is 0.254 e. The van der Waals surface area contributed by atoms with Crippen molar-refractivity contribution in [2.75, 3.05) is 26.2 Å². The molecule has 0 N–H and O–H groups in total. The minimum atomic E-state index is 0.0674. The maximum atomic E-state index is 13.2. The van der Waals surface area contributed by atoms with Crippen molar-refractivity contribution in [1.29, 1.82) is 0 Å². The van der Waals surface area contributed by atoms with Crippen LogP contribution >= 0.6 is 0 Å². The standard InChI is InChI=1S/C21H25N5O/c1-3-24(4-2)13-19-15-25(14-18-9-11-23-26(18)19)21(27)17-7-8-20-16(12-17)6-5-10-22-20/h5-12,19H,3-4,13-15H2,1-2H3. The van der Waals surface area contributed by atoms with Gasteiger partial charge in [0.25, 0.3) is 5.91 Å². The summed E-state index contributed by atoms with van der Waals surface area (Å²) in [6.07, 6.45) is 3.60. The predicted octanol–water partition coefficient (Wildman–Crippen LogP) is 2.97. The van der Waals surface area contributed by atoms with E-state index < -0.39 is 0 Å². The molecule has 1 unspecified atom stereocenters. The first-order valence-corrected chi connectivity index (χ1v) is 9.58. The van der Waals surface area contributed by atoms with Gasteiger partial charge in [-0.15, -0.1) is 0 Å². The maximum absolute atomic E-state index is 13.2. The van der Waals surface area contributed by atoms with E-state index in [4.69, 9.17) is 0 Å². The second-order valence-corrected chi connectivity index (χ2v) is 7.00. The fourth-order valence-corrected chi connectivity index (χ4v) is 3.85. The molecule has 140 valence electrons. The van der Waals surface area contributed by atoms with Crippen molar-refractivity contribution in [3.05, 3.63) is 60.0 Å². The minimum Gasteiger partial charge on any atom is -0.331 e. The zero-order valence-electron chi connectivity index (χ0n) is 15.9. The van der Waals surface area contributed by atoms with Crippen molar-refractivity contribution in [2.24, 2.45) is 0 Å². The van der Waals surface area contributed by atoms with E-state index >= 15 is 0 Å². The third-order valence-corrected chi connectivity index (χ3v) is 5.38. The smallest absolute Gasteiger partial charge is 0.254 e. The molecule has 27 heavy (non-hydrogen) atoms. The van der Waals surface area contributed by atoms with Crippen LogP contribution in [0.5, 0.6) is 0 Å². The van der Waals surface area contributed by atoms with Crippen LogP contribution in [0.4, 0.5) is 0 Å². The first-order valence-electron chi connectivity index (χ1n) is 9.58. The summed E-state index contributed by atoms with van der Waals surface area (Å²) >= 11 is 0. The number of amides is 1. The van der Waals surface area contributed by atoms with Gasteiger partial charge in [0, 0.05) is 36.4 Å². The van der Waals surface area contributed by atoms with Gasteiger partial charge in [0.2, 0.25) is 0 Å². The van der Waals surface area contributed by atoms with Gasteiger partial charge < -0.3 is 9.80 Å². The number of fused-ring (bicyclic) bond motifs is 2. The number of rotatable bonds is 5. The third kappa shape index (κ3) is 3.45. The van der Waals surface area contributed by atoms with Gasteiger partial charge in [-0.25, -0.2) is 0 Å². The van der Waals surface area contributed by atoms with E-state index in [1.54, 1.807) is 6.20 Å². The third-order valence-electron chi connectivity index (χ3n) is 5.38. The van der Waals surface area contributed by atoms with Gasteiger partial charge in [-0.2, -0.15) is 5.10 Å². The molecule has 3 heterocycles. The van der Waals surface area contributed by atoms with Crippen LogP contribution in [-0.4, -0.2) is 56.7 Å². The van der Waals surface area contributed by atoms with E-state index in [-0.39, 0.29) is 11.9 Å². The number of benzene rings is 1. The largest absolute Gasteiger partial charge is 0.331 e. The number of carbonyl (C=O) groups excluding carboxylic acids is 1. The zero-order valence-corrected chi connectivity index (χ0v) is 15.9. The number of aromatic nitrogens is 3. The molecular formula is C21H25N5O. The molecule has 0 aliphatic carbocycles. The SMILES string of the molecule is CCN(CC)CC1CN(C(=O)c2ccc3ncccc3c2)Cc2ccnn21. The molecule has 1 aromatic carbocycles. The highest BCUT2D eigenvalue weighted by Gasteiger charge is 2.30. The summed E-state index contributed by atoms with van der Waals surface area (Å²) < 4.78 is 2.09. The fraction of sp³-hybridized carbons (Fsp3) is 0.381. The first-order chi connectivity index (χ1) is 13.2. The molecule has 3 aromatic rings. The molecule has 0 bridgehead atoms. The van der Waals surface area contributed by atoms with Gasteiger partial charge in [0.05, 0.1) is 23.8 Å². The van der Waals surface area contributed by atoms with Crippen molar-refractivity contribution in [3.63, 3.8) is 0 Å². The van der Waals surface area contributed by atoms with Crippen molar-refractivity contribution >= 4 is 16.8 Å². The number of pyridine rings is 1. The summed E-state index contributed by atoms with van der Waals surface area (Å²) in [5, 5.41) is 5.50. The Morgan fingerprint density at radius 2 is 2.04 bits per heavy atom. The number of nitrogens with zero attached hydrogens (tertiary/aromatic N) is 5. The van der Waals surface area contributed by atoms with Gasteiger partial charge >= 0.3 is 0 Å². The highest BCUT2D eigenvalue weighted by atomic mass is 16.2. The van der Waals surface area contributed by atoms with Crippen LogP contribution in [0.2, 0.25) is 0 Å². The molecule has 0 fully saturated rings. The number of hydrogen-bond donors (Lipinski definition) is 0. The Morgan fingerprint density at radius 3 is 2.85 bits per heavy atom.